The van der Waals surface area contributed by atoms with Gasteiger partial charge in [0.25, 0.3) is 5.91 Å². The number of aryl methyl sites for hydroxylation is 1. The van der Waals surface area contributed by atoms with E-state index in [0.717, 1.165) is 16.9 Å². The van der Waals surface area contributed by atoms with Gasteiger partial charge in [-0.3, -0.25) is 9.59 Å². The molecule has 136 valence electrons. The summed E-state index contributed by atoms with van der Waals surface area (Å²) in [7, 11) is 1.75. The first-order chi connectivity index (χ1) is 12.5. The van der Waals surface area contributed by atoms with Crippen LogP contribution in [-0.2, 0) is 11.3 Å². The van der Waals surface area contributed by atoms with Crippen molar-refractivity contribution in [3.05, 3.63) is 59.2 Å². The molecule has 3 rings (SSSR count). The fourth-order valence-electron chi connectivity index (χ4n) is 2.76. The second kappa shape index (κ2) is 7.91. The minimum Gasteiger partial charge on any atom is -0.454 e. The predicted octanol–water partition coefficient (Wildman–Crippen LogP) is 2.50. The SMILES string of the molecule is Cc1cccc(C(=O)NCCC(=O)N(C)Cc2ccc3c(c2)OCO3)c1. The molecule has 0 unspecified atom stereocenters. The third kappa shape index (κ3) is 4.33. The number of carbonyl (C=O) groups excluding carboxylic acids is 2. The third-order valence-electron chi connectivity index (χ3n) is 4.19. The molecule has 1 N–H and O–H groups in total. The molecule has 1 aliphatic rings. The average Bonchev–Trinajstić information content (AvgIpc) is 3.09. The van der Waals surface area contributed by atoms with E-state index in [1.807, 2.05) is 43.3 Å². The summed E-state index contributed by atoms with van der Waals surface area (Å²) in [6, 6.07) is 13.0. The van der Waals surface area contributed by atoms with E-state index in [9.17, 15) is 9.59 Å². The van der Waals surface area contributed by atoms with E-state index in [0.29, 0.717) is 24.4 Å². The molecule has 2 amide bonds. The highest BCUT2D eigenvalue weighted by Gasteiger charge is 2.15. The molecular weight excluding hydrogens is 332 g/mol. The van der Waals surface area contributed by atoms with E-state index in [-0.39, 0.29) is 25.0 Å². The predicted molar refractivity (Wildman–Crippen MR) is 97.2 cm³/mol. The van der Waals surface area contributed by atoms with E-state index in [4.69, 9.17) is 9.47 Å². The minimum absolute atomic E-state index is 0.0350. The lowest BCUT2D eigenvalue weighted by atomic mass is 10.1. The van der Waals surface area contributed by atoms with Crippen LogP contribution in [0.4, 0.5) is 0 Å². The number of amides is 2. The number of nitrogens with one attached hydrogen (secondary N) is 1. The van der Waals surface area contributed by atoms with Gasteiger partial charge < -0.3 is 19.7 Å². The van der Waals surface area contributed by atoms with Crippen LogP contribution in [0.2, 0.25) is 0 Å². The minimum atomic E-state index is -0.167. The molecule has 1 aliphatic heterocycles. The van der Waals surface area contributed by atoms with Crippen LogP contribution in [0.5, 0.6) is 11.5 Å². The van der Waals surface area contributed by atoms with Crippen molar-refractivity contribution in [2.75, 3.05) is 20.4 Å². The number of hydrogen-bond acceptors (Lipinski definition) is 4. The van der Waals surface area contributed by atoms with Crippen LogP contribution in [0, 0.1) is 6.92 Å². The maximum atomic E-state index is 12.3. The van der Waals surface area contributed by atoms with E-state index in [2.05, 4.69) is 5.32 Å². The van der Waals surface area contributed by atoms with Gasteiger partial charge in [0.05, 0.1) is 0 Å². The molecule has 0 spiro atoms. The van der Waals surface area contributed by atoms with Gasteiger partial charge >= 0.3 is 0 Å². The normalized spacial score (nSPS) is 11.9. The van der Waals surface area contributed by atoms with E-state index in [1.54, 1.807) is 18.0 Å². The molecule has 0 aromatic heterocycles. The Morgan fingerprint density at radius 2 is 1.92 bits per heavy atom. The largest absolute Gasteiger partial charge is 0.454 e. The maximum Gasteiger partial charge on any atom is 0.251 e. The van der Waals surface area contributed by atoms with Crippen molar-refractivity contribution in [3.8, 4) is 11.5 Å². The zero-order chi connectivity index (χ0) is 18.5. The average molecular weight is 354 g/mol. The molecule has 1 heterocycles. The molecule has 6 heteroatoms. The van der Waals surface area contributed by atoms with E-state index < -0.39 is 0 Å². The number of carbonyl (C=O) groups is 2. The smallest absolute Gasteiger partial charge is 0.251 e. The molecule has 0 atom stereocenters. The topological polar surface area (TPSA) is 67.9 Å². The van der Waals surface area contributed by atoms with Crippen LogP contribution in [0.3, 0.4) is 0 Å². The van der Waals surface area contributed by atoms with Crippen molar-refractivity contribution in [3.63, 3.8) is 0 Å². The van der Waals surface area contributed by atoms with Gasteiger partial charge in [0, 0.05) is 32.1 Å². The lowest BCUT2D eigenvalue weighted by Crippen LogP contribution is -2.31. The first kappa shape index (κ1) is 17.8. The van der Waals surface area contributed by atoms with Gasteiger partial charge in [-0.15, -0.1) is 0 Å². The summed E-state index contributed by atoms with van der Waals surface area (Å²) in [5, 5.41) is 2.79. The molecule has 6 nitrogen and oxygen atoms in total. The first-order valence-electron chi connectivity index (χ1n) is 8.50. The van der Waals surface area contributed by atoms with Crippen molar-refractivity contribution in [1.29, 1.82) is 0 Å². The van der Waals surface area contributed by atoms with Crippen molar-refractivity contribution in [2.24, 2.45) is 0 Å². The summed E-state index contributed by atoms with van der Waals surface area (Å²) in [4.78, 5) is 26.0. The van der Waals surface area contributed by atoms with Gasteiger partial charge in [0.1, 0.15) is 0 Å². The molecule has 0 fully saturated rings. The van der Waals surface area contributed by atoms with Crippen LogP contribution >= 0.6 is 0 Å². The van der Waals surface area contributed by atoms with Crippen LogP contribution in [0.15, 0.2) is 42.5 Å². The Balaban J connectivity index is 1.46. The Hall–Kier alpha value is -3.02. The molecule has 0 saturated heterocycles. The van der Waals surface area contributed by atoms with Crippen molar-refractivity contribution < 1.29 is 19.1 Å². The second-order valence-electron chi connectivity index (χ2n) is 6.31. The molecule has 2 aromatic rings. The summed E-state index contributed by atoms with van der Waals surface area (Å²) in [6.07, 6.45) is 0.249. The van der Waals surface area contributed by atoms with Crippen molar-refractivity contribution in [2.45, 2.75) is 19.9 Å². The van der Waals surface area contributed by atoms with Crippen molar-refractivity contribution in [1.82, 2.24) is 10.2 Å². The zero-order valence-corrected chi connectivity index (χ0v) is 15.0. The Bertz CT molecular complexity index is 819. The highest BCUT2D eigenvalue weighted by Crippen LogP contribution is 2.32. The second-order valence-corrected chi connectivity index (χ2v) is 6.31. The van der Waals surface area contributed by atoms with Crippen LogP contribution in [0.25, 0.3) is 0 Å². The Labute approximate surface area is 152 Å². The summed E-state index contributed by atoms with van der Waals surface area (Å²) in [6.45, 7) is 2.94. The molecule has 0 aliphatic carbocycles. The van der Waals surface area contributed by atoms with E-state index >= 15 is 0 Å². The number of nitrogens with zero attached hydrogens (tertiary/aromatic N) is 1. The van der Waals surface area contributed by atoms with E-state index in [1.165, 1.54) is 0 Å². The number of rotatable bonds is 6. The van der Waals surface area contributed by atoms with Gasteiger partial charge in [-0.25, -0.2) is 0 Å². The summed E-state index contributed by atoms with van der Waals surface area (Å²) < 4.78 is 10.6. The van der Waals surface area contributed by atoms with Crippen LogP contribution in [-0.4, -0.2) is 37.1 Å². The monoisotopic (exact) mass is 354 g/mol. The molecule has 0 radical (unpaired) electrons. The zero-order valence-electron chi connectivity index (χ0n) is 15.0. The maximum absolute atomic E-state index is 12.3. The lowest BCUT2D eigenvalue weighted by molar-refractivity contribution is -0.130. The summed E-state index contributed by atoms with van der Waals surface area (Å²) in [5.41, 5.74) is 2.59. The first-order valence-corrected chi connectivity index (χ1v) is 8.50. The fraction of sp³-hybridized carbons (Fsp3) is 0.300. The van der Waals surface area contributed by atoms with Gasteiger partial charge in [0.15, 0.2) is 11.5 Å². The Morgan fingerprint density at radius 3 is 2.73 bits per heavy atom. The lowest BCUT2D eigenvalue weighted by Gasteiger charge is -2.17. The van der Waals surface area contributed by atoms with Crippen LogP contribution < -0.4 is 14.8 Å². The molecule has 0 bridgehead atoms. The Kier molecular flexibility index (Phi) is 5.41. The number of fused-ring (bicyclic) bond motifs is 1. The number of ether oxygens (including phenoxy) is 2. The van der Waals surface area contributed by atoms with Crippen LogP contribution in [0.1, 0.15) is 27.9 Å². The third-order valence-corrected chi connectivity index (χ3v) is 4.19. The summed E-state index contributed by atoms with van der Waals surface area (Å²) in [5.74, 6) is 1.22. The number of benzene rings is 2. The highest BCUT2D eigenvalue weighted by atomic mass is 16.7. The fourth-order valence-corrected chi connectivity index (χ4v) is 2.76. The summed E-state index contributed by atoms with van der Waals surface area (Å²) >= 11 is 0. The van der Waals surface area contributed by atoms with Crippen molar-refractivity contribution >= 4 is 11.8 Å². The molecule has 0 saturated carbocycles. The number of hydrogen-bond donors (Lipinski definition) is 1. The molecule has 2 aromatic carbocycles. The van der Waals surface area contributed by atoms with Gasteiger partial charge in [-0.1, -0.05) is 23.8 Å². The standard InChI is InChI=1S/C20H22N2O4/c1-14-4-3-5-16(10-14)20(24)21-9-8-19(23)22(2)12-15-6-7-17-18(11-15)26-13-25-17/h3-7,10-11H,8-9,12-13H2,1-2H3,(H,21,24). The Morgan fingerprint density at radius 1 is 1.12 bits per heavy atom. The highest BCUT2D eigenvalue weighted by molar-refractivity contribution is 5.94. The van der Waals surface area contributed by atoms with Gasteiger partial charge in [-0.2, -0.15) is 0 Å². The quantitative estimate of drug-likeness (QED) is 0.865. The van der Waals surface area contributed by atoms with Gasteiger partial charge in [0.2, 0.25) is 12.7 Å². The molecule has 26 heavy (non-hydrogen) atoms. The molecular formula is C20H22N2O4. The van der Waals surface area contributed by atoms with Gasteiger partial charge in [-0.05, 0) is 36.8 Å².